The number of nitrogens with two attached hydrogens (primary N) is 1. The van der Waals surface area contributed by atoms with E-state index in [1.165, 1.54) is 17.9 Å². The van der Waals surface area contributed by atoms with Crippen LogP contribution in [0.1, 0.15) is 19.3 Å². The maximum absolute atomic E-state index is 5.47. The van der Waals surface area contributed by atoms with Gasteiger partial charge in [-0.05, 0) is 30.3 Å². The van der Waals surface area contributed by atoms with Gasteiger partial charge in [0.05, 0.1) is 0 Å². The molecular weight excluding hydrogens is 168 g/mol. The standard InChI is InChI=1S/C9H16N2S/c1-2-3-4-9(11-10)8-5-6-12-7-8/h1,8-9,11H,3-7,10H2. The van der Waals surface area contributed by atoms with Gasteiger partial charge in [0.15, 0.2) is 0 Å². The van der Waals surface area contributed by atoms with E-state index in [0.29, 0.717) is 6.04 Å². The third-order valence-electron chi connectivity index (χ3n) is 2.35. The van der Waals surface area contributed by atoms with Crippen LogP contribution in [0.15, 0.2) is 0 Å². The van der Waals surface area contributed by atoms with E-state index in [-0.39, 0.29) is 0 Å². The van der Waals surface area contributed by atoms with E-state index in [1.54, 1.807) is 0 Å². The number of hydrazine groups is 1. The number of rotatable bonds is 4. The fraction of sp³-hybridized carbons (Fsp3) is 0.778. The van der Waals surface area contributed by atoms with Gasteiger partial charge in [0, 0.05) is 12.5 Å². The summed E-state index contributed by atoms with van der Waals surface area (Å²) in [6, 6.07) is 0.427. The lowest BCUT2D eigenvalue weighted by Crippen LogP contribution is -2.40. The molecule has 1 heterocycles. The second-order valence-electron chi connectivity index (χ2n) is 3.14. The van der Waals surface area contributed by atoms with Crippen LogP contribution < -0.4 is 11.3 Å². The molecule has 12 heavy (non-hydrogen) atoms. The second-order valence-corrected chi connectivity index (χ2v) is 4.29. The fourth-order valence-corrected chi connectivity index (χ4v) is 2.90. The lowest BCUT2D eigenvalue weighted by Gasteiger charge is -2.20. The minimum atomic E-state index is 0.427. The van der Waals surface area contributed by atoms with Crippen LogP contribution in [0.3, 0.4) is 0 Å². The van der Waals surface area contributed by atoms with Gasteiger partial charge >= 0.3 is 0 Å². The zero-order valence-corrected chi connectivity index (χ0v) is 8.07. The van der Waals surface area contributed by atoms with Gasteiger partial charge in [-0.15, -0.1) is 12.3 Å². The number of thioether (sulfide) groups is 1. The van der Waals surface area contributed by atoms with Crippen molar-refractivity contribution >= 4 is 11.8 Å². The third kappa shape index (κ3) is 2.71. The maximum atomic E-state index is 5.47. The number of terminal acetylenes is 1. The Balaban J connectivity index is 2.28. The summed E-state index contributed by atoms with van der Waals surface area (Å²) in [5.74, 6) is 11.4. The molecule has 68 valence electrons. The Labute approximate surface area is 78.6 Å². The van der Waals surface area contributed by atoms with E-state index in [0.717, 1.165) is 18.8 Å². The van der Waals surface area contributed by atoms with Crippen LogP contribution in [0.4, 0.5) is 0 Å². The molecule has 2 atom stereocenters. The summed E-state index contributed by atoms with van der Waals surface area (Å²) in [6.07, 6.45) is 8.33. The molecule has 0 aliphatic carbocycles. The highest BCUT2D eigenvalue weighted by atomic mass is 32.2. The van der Waals surface area contributed by atoms with Crippen molar-refractivity contribution in [2.24, 2.45) is 11.8 Å². The first kappa shape index (κ1) is 9.91. The van der Waals surface area contributed by atoms with Crippen LogP contribution >= 0.6 is 11.8 Å². The highest BCUT2D eigenvalue weighted by Gasteiger charge is 2.23. The van der Waals surface area contributed by atoms with Crippen molar-refractivity contribution in [3.8, 4) is 12.3 Å². The predicted octanol–water partition coefficient (Wildman–Crippen LogP) is 0.985. The molecular formula is C9H16N2S. The lowest BCUT2D eigenvalue weighted by molar-refractivity contribution is 0.371. The summed E-state index contributed by atoms with van der Waals surface area (Å²) < 4.78 is 0. The summed E-state index contributed by atoms with van der Waals surface area (Å²) in [5.41, 5.74) is 2.87. The molecule has 3 N–H and O–H groups in total. The van der Waals surface area contributed by atoms with Crippen molar-refractivity contribution in [3.63, 3.8) is 0 Å². The van der Waals surface area contributed by atoms with Crippen LogP contribution in [0.5, 0.6) is 0 Å². The topological polar surface area (TPSA) is 38.0 Å². The van der Waals surface area contributed by atoms with Gasteiger partial charge in [-0.1, -0.05) is 0 Å². The first-order valence-electron chi connectivity index (χ1n) is 4.36. The van der Waals surface area contributed by atoms with Gasteiger partial charge in [-0.25, -0.2) is 0 Å². The fourth-order valence-electron chi connectivity index (χ4n) is 1.56. The molecule has 1 fully saturated rings. The predicted molar refractivity (Wildman–Crippen MR) is 54.6 cm³/mol. The van der Waals surface area contributed by atoms with E-state index >= 15 is 0 Å². The van der Waals surface area contributed by atoms with Crippen molar-refractivity contribution in [1.29, 1.82) is 0 Å². The zero-order valence-electron chi connectivity index (χ0n) is 7.25. The van der Waals surface area contributed by atoms with E-state index in [1.807, 2.05) is 11.8 Å². The molecule has 1 aliphatic heterocycles. The molecule has 0 radical (unpaired) electrons. The van der Waals surface area contributed by atoms with Crippen molar-refractivity contribution in [2.45, 2.75) is 25.3 Å². The zero-order chi connectivity index (χ0) is 8.81. The molecule has 0 amide bonds. The minimum absolute atomic E-state index is 0.427. The van der Waals surface area contributed by atoms with Gasteiger partial charge in [0.2, 0.25) is 0 Å². The van der Waals surface area contributed by atoms with Crippen molar-refractivity contribution < 1.29 is 0 Å². The van der Waals surface area contributed by atoms with Crippen LogP contribution in [-0.2, 0) is 0 Å². The van der Waals surface area contributed by atoms with Crippen LogP contribution in [0, 0.1) is 18.3 Å². The molecule has 1 saturated heterocycles. The molecule has 0 spiro atoms. The van der Waals surface area contributed by atoms with Crippen LogP contribution in [0.25, 0.3) is 0 Å². The molecule has 1 rings (SSSR count). The number of hydrogen-bond acceptors (Lipinski definition) is 3. The van der Waals surface area contributed by atoms with E-state index < -0.39 is 0 Å². The number of nitrogens with one attached hydrogen (secondary N) is 1. The average molecular weight is 184 g/mol. The number of hydrogen-bond donors (Lipinski definition) is 2. The second kappa shape index (κ2) is 5.47. The molecule has 2 nitrogen and oxygen atoms in total. The first-order chi connectivity index (χ1) is 5.88. The summed E-state index contributed by atoms with van der Waals surface area (Å²) >= 11 is 2.01. The average Bonchev–Trinajstić information content (AvgIpc) is 2.59. The summed E-state index contributed by atoms with van der Waals surface area (Å²) in [5, 5.41) is 0. The lowest BCUT2D eigenvalue weighted by atomic mass is 9.96. The largest absolute Gasteiger partial charge is 0.271 e. The Kier molecular flexibility index (Phi) is 4.52. The smallest absolute Gasteiger partial charge is 0.0256 e. The third-order valence-corrected chi connectivity index (χ3v) is 3.54. The molecule has 1 aliphatic rings. The maximum Gasteiger partial charge on any atom is 0.0256 e. The Morgan fingerprint density at radius 3 is 3.08 bits per heavy atom. The molecule has 3 heteroatoms. The highest BCUT2D eigenvalue weighted by Crippen LogP contribution is 2.27. The van der Waals surface area contributed by atoms with Crippen LogP contribution in [0.2, 0.25) is 0 Å². The quantitative estimate of drug-likeness (QED) is 0.389. The molecule has 2 unspecified atom stereocenters. The molecule has 0 aromatic heterocycles. The van der Waals surface area contributed by atoms with Crippen LogP contribution in [-0.4, -0.2) is 17.5 Å². The van der Waals surface area contributed by atoms with E-state index in [9.17, 15) is 0 Å². The van der Waals surface area contributed by atoms with Gasteiger partial charge in [0.25, 0.3) is 0 Å². The van der Waals surface area contributed by atoms with Crippen molar-refractivity contribution in [1.82, 2.24) is 5.43 Å². The first-order valence-corrected chi connectivity index (χ1v) is 5.51. The van der Waals surface area contributed by atoms with E-state index in [2.05, 4.69) is 11.3 Å². The monoisotopic (exact) mass is 184 g/mol. The normalized spacial score (nSPS) is 25.2. The summed E-state index contributed by atoms with van der Waals surface area (Å²) in [4.78, 5) is 0. The van der Waals surface area contributed by atoms with Gasteiger partial charge in [-0.2, -0.15) is 11.8 Å². The Morgan fingerprint density at radius 1 is 1.75 bits per heavy atom. The van der Waals surface area contributed by atoms with Crippen molar-refractivity contribution in [3.05, 3.63) is 0 Å². The highest BCUT2D eigenvalue weighted by molar-refractivity contribution is 7.99. The molecule has 0 saturated carbocycles. The Hall–Kier alpha value is -0.170. The van der Waals surface area contributed by atoms with Gasteiger partial charge < -0.3 is 0 Å². The summed E-state index contributed by atoms with van der Waals surface area (Å²) in [7, 11) is 0. The summed E-state index contributed by atoms with van der Waals surface area (Å²) in [6.45, 7) is 0. The Bertz CT molecular complexity index is 158. The molecule has 0 aromatic rings. The van der Waals surface area contributed by atoms with Gasteiger partial charge in [-0.3, -0.25) is 11.3 Å². The SMILES string of the molecule is C#CCCC(NN)C1CCSC1. The molecule has 0 aromatic carbocycles. The Morgan fingerprint density at radius 2 is 2.58 bits per heavy atom. The van der Waals surface area contributed by atoms with Gasteiger partial charge in [0.1, 0.15) is 0 Å². The molecule has 0 bridgehead atoms. The van der Waals surface area contributed by atoms with E-state index in [4.69, 9.17) is 12.3 Å². The van der Waals surface area contributed by atoms with Crippen molar-refractivity contribution in [2.75, 3.05) is 11.5 Å². The minimum Gasteiger partial charge on any atom is -0.271 e.